The van der Waals surface area contributed by atoms with Gasteiger partial charge in [-0.15, -0.1) is 11.6 Å². The molecule has 2 heteroatoms. The third-order valence-electron chi connectivity index (χ3n) is 2.04. The number of alkyl halides is 1. The van der Waals surface area contributed by atoms with Gasteiger partial charge in [0, 0.05) is 19.1 Å². The molecule has 0 amide bonds. The Bertz CT molecular complexity index is 104. The molecule has 0 radical (unpaired) electrons. The van der Waals surface area contributed by atoms with Crippen LogP contribution in [0.4, 0.5) is 0 Å². The highest BCUT2D eigenvalue weighted by atomic mass is 35.5. The van der Waals surface area contributed by atoms with Crippen molar-refractivity contribution in [1.82, 2.24) is 0 Å². The minimum Gasteiger partial charge on any atom is -0.381 e. The molecule has 0 spiro atoms. The molecule has 0 rings (SSSR count). The lowest BCUT2D eigenvalue weighted by Gasteiger charge is -2.13. The van der Waals surface area contributed by atoms with Gasteiger partial charge >= 0.3 is 0 Å². The molecule has 0 saturated heterocycles. The third-order valence-corrected chi connectivity index (χ3v) is 2.47. The summed E-state index contributed by atoms with van der Waals surface area (Å²) in [5.41, 5.74) is 0. The molecular formula is C11H23ClO. The second-order valence-electron chi connectivity index (χ2n) is 4.07. The van der Waals surface area contributed by atoms with Gasteiger partial charge < -0.3 is 4.74 Å². The molecule has 1 atom stereocenters. The molecule has 0 bridgehead atoms. The Morgan fingerprint density at radius 1 is 1.23 bits per heavy atom. The number of ether oxygens (including phenoxy) is 1. The van der Waals surface area contributed by atoms with Gasteiger partial charge in [-0.05, 0) is 24.7 Å². The fourth-order valence-corrected chi connectivity index (χ4v) is 1.58. The third kappa shape index (κ3) is 8.58. The summed E-state index contributed by atoms with van der Waals surface area (Å²) in [6.07, 6.45) is 3.57. The van der Waals surface area contributed by atoms with Crippen molar-refractivity contribution in [3.63, 3.8) is 0 Å². The lowest BCUT2D eigenvalue weighted by atomic mass is 10.0. The number of halogens is 1. The van der Waals surface area contributed by atoms with E-state index in [0.717, 1.165) is 25.5 Å². The van der Waals surface area contributed by atoms with E-state index in [4.69, 9.17) is 16.3 Å². The lowest BCUT2D eigenvalue weighted by molar-refractivity contribution is 0.0988. The molecule has 0 N–H and O–H groups in total. The van der Waals surface area contributed by atoms with Crippen LogP contribution < -0.4 is 0 Å². The average Bonchev–Trinajstić information content (AvgIpc) is 2.10. The van der Waals surface area contributed by atoms with E-state index in [2.05, 4.69) is 20.8 Å². The van der Waals surface area contributed by atoms with Crippen LogP contribution >= 0.6 is 11.6 Å². The van der Waals surface area contributed by atoms with E-state index in [0.29, 0.717) is 11.8 Å². The highest BCUT2D eigenvalue weighted by Crippen LogP contribution is 2.13. The zero-order chi connectivity index (χ0) is 10.1. The first-order valence-corrected chi connectivity index (χ1v) is 5.87. The fraction of sp³-hybridized carbons (Fsp3) is 1.00. The molecule has 0 fully saturated rings. The van der Waals surface area contributed by atoms with Gasteiger partial charge in [-0.1, -0.05) is 27.2 Å². The molecule has 0 aliphatic carbocycles. The number of rotatable bonds is 8. The van der Waals surface area contributed by atoms with E-state index < -0.39 is 0 Å². The van der Waals surface area contributed by atoms with Crippen molar-refractivity contribution in [1.29, 1.82) is 0 Å². The van der Waals surface area contributed by atoms with Gasteiger partial charge in [-0.2, -0.15) is 0 Å². The molecule has 0 aromatic carbocycles. The van der Waals surface area contributed by atoms with Crippen molar-refractivity contribution in [3.8, 4) is 0 Å². The Hall–Kier alpha value is 0.250. The Kier molecular flexibility index (Phi) is 9.00. The van der Waals surface area contributed by atoms with E-state index in [1.54, 1.807) is 0 Å². The highest BCUT2D eigenvalue weighted by Gasteiger charge is 2.05. The molecular weight excluding hydrogens is 184 g/mol. The normalized spacial score (nSPS) is 13.6. The maximum atomic E-state index is 5.83. The maximum absolute atomic E-state index is 5.83. The largest absolute Gasteiger partial charge is 0.381 e. The van der Waals surface area contributed by atoms with E-state index in [-0.39, 0.29) is 0 Å². The standard InChI is InChI=1S/C11H23ClO/c1-4-5-11(8-12)6-7-13-9-10(2)3/h10-11H,4-9H2,1-3H3. The summed E-state index contributed by atoms with van der Waals surface area (Å²) in [7, 11) is 0. The van der Waals surface area contributed by atoms with Crippen LogP contribution in [0.1, 0.15) is 40.0 Å². The minimum absolute atomic E-state index is 0.639. The average molecular weight is 207 g/mol. The zero-order valence-electron chi connectivity index (χ0n) is 9.18. The monoisotopic (exact) mass is 206 g/mol. The van der Waals surface area contributed by atoms with Gasteiger partial charge in [0.25, 0.3) is 0 Å². The molecule has 0 aliphatic rings. The van der Waals surface area contributed by atoms with Gasteiger partial charge in [-0.3, -0.25) is 0 Å². The van der Waals surface area contributed by atoms with E-state index in [1.165, 1.54) is 12.8 Å². The first kappa shape index (κ1) is 13.2. The van der Waals surface area contributed by atoms with Gasteiger partial charge in [-0.25, -0.2) is 0 Å². The van der Waals surface area contributed by atoms with Crippen molar-refractivity contribution in [2.75, 3.05) is 19.1 Å². The number of hydrogen-bond acceptors (Lipinski definition) is 1. The molecule has 0 heterocycles. The Balaban J connectivity index is 3.27. The zero-order valence-corrected chi connectivity index (χ0v) is 9.94. The second-order valence-corrected chi connectivity index (χ2v) is 4.38. The molecule has 1 nitrogen and oxygen atoms in total. The van der Waals surface area contributed by atoms with Crippen LogP contribution in [-0.4, -0.2) is 19.1 Å². The lowest BCUT2D eigenvalue weighted by Crippen LogP contribution is -2.09. The Labute approximate surface area is 87.8 Å². The van der Waals surface area contributed by atoms with Crippen LogP contribution in [-0.2, 0) is 4.74 Å². The predicted octanol–water partition coefficient (Wildman–Crippen LogP) is 3.70. The molecule has 0 aromatic rings. The fourth-order valence-electron chi connectivity index (χ4n) is 1.28. The molecule has 80 valence electrons. The molecule has 0 saturated carbocycles. The van der Waals surface area contributed by atoms with E-state index in [1.807, 2.05) is 0 Å². The summed E-state index contributed by atoms with van der Waals surface area (Å²) in [5, 5.41) is 0. The van der Waals surface area contributed by atoms with Crippen LogP contribution in [0, 0.1) is 11.8 Å². The van der Waals surface area contributed by atoms with Gasteiger partial charge in [0.1, 0.15) is 0 Å². The number of hydrogen-bond donors (Lipinski definition) is 0. The quantitative estimate of drug-likeness (QED) is 0.435. The molecule has 1 unspecified atom stereocenters. The maximum Gasteiger partial charge on any atom is 0.0488 e. The summed E-state index contributed by atoms with van der Waals surface area (Å²) in [6.45, 7) is 8.29. The molecule has 0 aliphatic heterocycles. The predicted molar refractivity (Wildman–Crippen MR) is 59.4 cm³/mol. The SMILES string of the molecule is CCCC(CCl)CCOCC(C)C. The van der Waals surface area contributed by atoms with Crippen molar-refractivity contribution in [2.24, 2.45) is 11.8 Å². The van der Waals surface area contributed by atoms with Crippen molar-refractivity contribution >= 4 is 11.6 Å². The molecule has 0 aromatic heterocycles. The summed E-state index contributed by atoms with van der Waals surface area (Å²) in [4.78, 5) is 0. The van der Waals surface area contributed by atoms with E-state index >= 15 is 0 Å². The second kappa shape index (κ2) is 8.83. The van der Waals surface area contributed by atoms with Crippen LogP contribution in [0.3, 0.4) is 0 Å². The van der Waals surface area contributed by atoms with Crippen LogP contribution in [0.15, 0.2) is 0 Å². The first-order chi connectivity index (χ1) is 6.20. The van der Waals surface area contributed by atoms with Crippen molar-refractivity contribution in [2.45, 2.75) is 40.0 Å². The van der Waals surface area contributed by atoms with Crippen LogP contribution in [0.2, 0.25) is 0 Å². The Morgan fingerprint density at radius 2 is 1.92 bits per heavy atom. The topological polar surface area (TPSA) is 9.23 Å². The summed E-state index contributed by atoms with van der Waals surface area (Å²) in [6, 6.07) is 0. The van der Waals surface area contributed by atoms with Gasteiger partial charge in [0.2, 0.25) is 0 Å². The highest BCUT2D eigenvalue weighted by molar-refractivity contribution is 6.18. The molecule has 13 heavy (non-hydrogen) atoms. The minimum atomic E-state index is 0.639. The van der Waals surface area contributed by atoms with Gasteiger partial charge in [0.15, 0.2) is 0 Å². The Morgan fingerprint density at radius 3 is 2.38 bits per heavy atom. The van der Waals surface area contributed by atoms with Crippen LogP contribution in [0.5, 0.6) is 0 Å². The first-order valence-electron chi connectivity index (χ1n) is 5.34. The summed E-state index contributed by atoms with van der Waals surface area (Å²) < 4.78 is 5.52. The van der Waals surface area contributed by atoms with Crippen molar-refractivity contribution in [3.05, 3.63) is 0 Å². The summed E-state index contributed by atoms with van der Waals surface area (Å²) in [5.74, 6) is 2.07. The van der Waals surface area contributed by atoms with Crippen molar-refractivity contribution < 1.29 is 4.74 Å². The smallest absolute Gasteiger partial charge is 0.0488 e. The summed E-state index contributed by atoms with van der Waals surface area (Å²) >= 11 is 5.83. The van der Waals surface area contributed by atoms with Crippen LogP contribution in [0.25, 0.3) is 0 Å². The van der Waals surface area contributed by atoms with Gasteiger partial charge in [0.05, 0.1) is 0 Å². The van der Waals surface area contributed by atoms with E-state index in [9.17, 15) is 0 Å².